The van der Waals surface area contributed by atoms with E-state index in [9.17, 15) is 22.7 Å². The molecule has 0 aliphatic heterocycles. The van der Waals surface area contributed by atoms with Crippen LogP contribution in [-0.4, -0.2) is 11.3 Å². The van der Waals surface area contributed by atoms with Gasteiger partial charge in [-0.2, -0.15) is 13.2 Å². The molecule has 0 saturated carbocycles. The van der Waals surface area contributed by atoms with Crippen molar-refractivity contribution in [1.29, 1.82) is 0 Å². The molecule has 1 unspecified atom stereocenters. The molecule has 2 aromatic rings. The van der Waals surface area contributed by atoms with Crippen LogP contribution in [0.4, 0.5) is 17.6 Å². The fraction of sp³-hybridized carbons (Fsp3) is 0.143. The molecule has 0 saturated heterocycles. The fourth-order valence-electron chi connectivity index (χ4n) is 1.92. The lowest BCUT2D eigenvalue weighted by Crippen LogP contribution is -2.44. The molecule has 0 spiro atoms. The summed E-state index contributed by atoms with van der Waals surface area (Å²) in [7, 11) is 0. The minimum atomic E-state index is -5.08. The van der Waals surface area contributed by atoms with Gasteiger partial charge in [-0.05, 0) is 23.8 Å². The molecule has 2 aromatic carbocycles. The topological polar surface area (TPSA) is 20.2 Å². The number of hydrogen-bond donors (Lipinski definition) is 1. The number of hydrogen-bond acceptors (Lipinski definition) is 1. The third-order valence-electron chi connectivity index (χ3n) is 2.94. The van der Waals surface area contributed by atoms with Crippen molar-refractivity contribution in [2.75, 3.05) is 0 Å². The van der Waals surface area contributed by atoms with E-state index in [1.165, 1.54) is 24.3 Å². The van der Waals surface area contributed by atoms with E-state index in [1.54, 1.807) is 0 Å². The van der Waals surface area contributed by atoms with E-state index in [0.29, 0.717) is 0 Å². The van der Waals surface area contributed by atoms with Crippen LogP contribution in [0.5, 0.6) is 0 Å². The van der Waals surface area contributed by atoms with Crippen LogP contribution < -0.4 is 0 Å². The maximum atomic E-state index is 13.7. The Kier molecular flexibility index (Phi) is 3.75. The SMILES string of the molecule is OC(c1ccc(Cl)cc1)(c1ccccc1F)C(F)(F)F. The second-order valence-corrected chi connectivity index (χ2v) is 4.63. The Labute approximate surface area is 117 Å². The lowest BCUT2D eigenvalue weighted by atomic mass is 9.85. The average molecular weight is 305 g/mol. The van der Waals surface area contributed by atoms with Crippen molar-refractivity contribution >= 4 is 11.6 Å². The summed E-state index contributed by atoms with van der Waals surface area (Å²) in [5.74, 6) is -1.14. The van der Waals surface area contributed by atoms with Crippen LogP contribution >= 0.6 is 11.6 Å². The molecule has 1 atom stereocenters. The van der Waals surface area contributed by atoms with Gasteiger partial charge in [0.1, 0.15) is 5.82 Å². The van der Waals surface area contributed by atoms with Crippen LogP contribution in [0.3, 0.4) is 0 Å². The monoisotopic (exact) mass is 304 g/mol. The van der Waals surface area contributed by atoms with Gasteiger partial charge in [0.25, 0.3) is 0 Å². The van der Waals surface area contributed by atoms with Crippen molar-refractivity contribution in [1.82, 2.24) is 0 Å². The van der Waals surface area contributed by atoms with Gasteiger partial charge in [-0.15, -0.1) is 0 Å². The third-order valence-corrected chi connectivity index (χ3v) is 3.19. The van der Waals surface area contributed by atoms with Gasteiger partial charge < -0.3 is 5.11 Å². The predicted molar refractivity (Wildman–Crippen MR) is 66.9 cm³/mol. The Balaban J connectivity index is 2.70. The maximum Gasteiger partial charge on any atom is 0.425 e. The fourth-order valence-corrected chi connectivity index (χ4v) is 2.04. The summed E-state index contributed by atoms with van der Waals surface area (Å²) in [4.78, 5) is 0. The molecule has 0 aliphatic rings. The van der Waals surface area contributed by atoms with E-state index >= 15 is 0 Å². The zero-order valence-corrected chi connectivity index (χ0v) is 10.7. The molecule has 1 N–H and O–H groups in total. The first-order valence-corrected chi connectivity index (χ1v) is 5.95. The molecule has 0 aromatic heterocycles. The predicted octanol–water partition coefficient (Wildman–Crippen LogP) is 4.28. The highest BCUT2D eigenvalue weighted by Gasteiger charge is 2.57. The quantitative estimate of drug-likeness (QED) is 0.821. The molecular weight excluding hydrogens is 296 g/mol. The van der Waals surface area contributed by atoms with Gasteiger partial charge in [-0.25, -0.2) is 4.39 Å². The Morgan fingerprint density at radius 3 is 1.95 bits per heavy atom. The standard InChI is InChI=1S/C14H9ClF4O/c15-10-7-5-9(6-8-10)13(20,14(17,18)19)11-3-1-2-4-12(11)16/h1-8,20H. The van der Waals surface area contributed by atoms with E-state index in [2.05, 4.69) is 0 Å². The first-order chi connectivity index (χ1) is 9.26. The molecule has 0 radical (unpaired) electrons. The van der Waals surface area contributed by atoms with E-state index in [-0.39, 0.29) is 5.02 Å². The highest BCUT2D eigenvalue weighted by molar-refractivity contribution is 6.30. The summed E-state index contributed by atoms with van der Waals surface area (Å²) in [6.45, 7) is 0. The summed E-state index contributed by atoms with van der Waals surface area (Å²) in [5.41, 5.74) is -4.78. The molecule has 106 valence electrons. The minimum Gasteiger partial charge on any atom is -0.372 e. The smallest absolute Gasteiger partial charge is 0.372 e. The van der Waals surface area contributed by atoms with Crippen molar-refractivity contribution in [2.24, 2.45) is 0 Å². The molecule has 0 aliphatic carbocycles. The average Bonchev–Trinajstić information content (AvgIpc) is 2.38. The number of rotatable bonds is 2. The van der Waals surface area contributed by atoms with Crippen LogP contribution in [0.2, 0.25) is 5.02 Å². The molecule has 0 heterocycles. The molecular formula is C14H9ClF4O. The maximum absolute atomic E-state index is 13.7. The normalized spacial score (nSPS) is 14.9. The van der Waals surface area contributed by atoms with E-state index in [0.717, 1.165) is 24.3 Å². The van der Waals surface area contributed by atoms with Gasteiger partial charge >= 0.3 is 6.18 Å². The van der Waals surface area contributed by atoms with Gasteiger partial charge in [-0.3, -0.25) is 0 Å². The Bertz CT molecular complexity index is 609. The van der Waals surface area contributed by atoms with E-state index in [1.807, 2.05) is 0 Å². The van der Waals surface area contributed by atoms with Gasteiger partial charge in [-0.1, -0.05) is 41.9 Å². The number of halogens is 5. The molecule has 0 fully saturated rings. The zero-order chi connectivity index (χ0) is 15.0. The summed E-state index contributed by atoms with van der Waals surface area (Å²) in [6, 6.07) is 8.68. The summed E-state index contributed by atoms with van der Waals surface area (Å²) in [5, 5.41) is 10.4. The molecule has 1 nitrogen and oxygen atoms in total. The largest absolute Gasteiger partial charge is 0.425 e. The van der Waals surface area contributed by atoms with Crippen molar-refractivity contribution in [2.45, 2.75) is 11.8 Å². The number of aliphatic hydroxyl groups is 1. The second kappa shape index (κ2) is 5.07. The van der Waals surface area contributed by atoms with Crippen molar-refractivity contribution in [3.63, 3.8) is 0 Å². The summed E-state index contributed by atoms with van der Waals surface area (Å²) < 4.78 is 53.6. The number of alkyl halides is 3. The third kappa shape index (κ3) is 2.39. The van der Waals surface area contributed by atoms with Crippen molar-refractivity contribution < 1.29 is 22.7 Å². The molecule has 6 heteroatoms. The Hall–Kier alpha value is -1.59. The van der Waals surface area contributed by atoms with Gasteiger partial charge in [0, 0.05) is 10.6 Å². The molecule has 20 heavy (non-hydrogen) atoms. The molecule has 0 amide bonds. The second-order valence-electron chi connectivity index (χ2n) is 4.19. The Morgan fingerprint density at radius 2 is 1.45 bits per heavy atom. The van der Waals surface area contributed by atoms with Gasteiger partial charge in [0.15, 0.2) is 0 Å². The van der Waals surface area contributed by atoms with Crippen LogP contribution in [0.15, 0.2) is 48.5 Å². The first-order valence-electron chi connectivity index (χ1n) is 5.57. The van der Waals surface area contributed by atoms with Crippen LogP contribution in [0.1, 0.15) is 11.1 Å². The van der Waals surface area contributed by atoms with Gasteiger partial charge in [0.2, 0.25) is 5.60 Å². The van der Waals surface area contributed by atoms with Crippen LogP contribution in [0, 0.1) is 5.82 Å². The Morgan fingerprint density at radius 1 is 0.900 bits per heavy atom. The lowest BCUT2D eigenvalue weighted by molar-refractivity contribution is -0.249. The van der Waals surface area contributed by atoms with Gasteiger partial charge in [0.05, 0.1) is 0 Å². The summed E-state index contributed by atoms with van der Waals surface area (Å²) >= 11 is 5.62. The van der Waals surface area contributed by atoms with Crippen LogP contribution in [-0.2, 0) is 5.60 Å². The highest BCUT2D eigenvalue weighted by Crippen LogP contribution is 2.45. The summed E-state index contributed by atoms with van der Waals surface area (Å²) in [6.07, 6.45) is -5.08. The zero-order valence-electron chi connectivity index (χ0n) is 9.96. The van der Waals surface area contributed by atoms with E-state index in [4.69, 9.17) is 11.6 Å². The molecule has 0 bridgehead atoms. The highest BCUT2D eigenvalue weighted by atomic mass is 35.5. The van der Waals surface area contributed by atoms with Crippen molar-refractivity contribution in [3.8, 4) is 0 Å². The lowest BCUT2D eigenvalue weighted by Gasteiger charge is -2.31. The van der Waals surface area contributed by atoms with E-state index < -0.39 is 28.7 Å². The first kappa shape index (κ1) is 14.8. The van der Waals surface area contributed by atoms with Crippen molar-refractivity contribution in [3.05, 3.63) is 70.5 Å². The minimum absolute atomic E-state index is 0.215. The number of benzene rings is 2. The van der Waals surface area contributed by atoms with Crippen LogP contribution in [0.25, 0.3) is 0 Å². The molecule has 2 rings (SSSR count).